The van der Waals surface area contributed by atoms with E-state index in [0.29, 0.717) is 0 Å². The molecule has 1 aromatic rings. The molecule has 1 atom stereocenters. The molecule has 1 unspecified atom stereocenters. The zero-order chi connectivity index (χ0) is 8.55. The summed E-state index contributed by atoms with van der Waals surface area (Å²) in [5, 5.41) is 3.24. The van der Waals surface area contributed by atoms with Crippen LogP contribution in [0.3, 0.4) is 0 Å². The van der Waals surface area contributed by atoms with Crippen LogP contribution in [0.5, 0.6) is 0 Å². The second kappa shape index (κ2) is 2.87. The Labute approximate surface area is 71.6 Å². The molecule has 12 heavy (non-hydrogen) atoms. The van der Waals surface area contributed by atoms with E-state index >= 15 is 0 Å². The van der Waals surface area contributed by atoms with Gasteiger partial charge in [0.05, 0.1) is 0 Å². The summed E-state index contributed by atoms with van der Waals surface area (Å²) < 4.78 is 13.2. The molecular weight excluding hydrogens is 153 g/mol. The number of hydrogen-bond donors (Lipinski definition) is 1. The molecule has 1 aliphatic carbocycles. The standard InChI is InChI=1S/C10H12FN/c1-2-12-9-6-7-4-3-5-8(11)10(7)9/h3-5,9,12H,2,6H2,1H3. The number of rotatable bonds is 2. The molecule has 0 amide bonds. The summed E-state index contributed by atoms with van der Waals surface area (Å²) >= 11 is 0. The lowest BCUT2D eigenvalue weighted by Gasteiger charge is -2.30. The van der Waals surface area contributed by atoms with Crippen molar-refractivity contribution < 1.29 is 4.39 Å². The van der Waals surface area contributed by atoms with Gasteiger partial charge < -0.3 is 5.32 Å². The first-order valence-electron chi connectivity index (χ1n) is 4.33. The maximum absolute atomic E-state index is 13.2. The molecule has 2 heteroatoms. The number of fused-ring (bicyclic) bond motifs is 1. The highest BCUT2D eigenvalue weighted by atomic mass is 19.1. The summed E-state index contributed by atoms with van der Waals surface area (Å²) in [6, 6.07) is 5.55. The van der Waals surface area contributed by atoms with Crippen molar-refractivity contribution >= 4 is 0 Å². The molecule has 0 saturated heterocycles. The van der Waals surface area contributed by atoms with Gasteiger partial charge in [-0.25, -0.2) is 4.39 Å². The van der Waals surface area contributed by atoms with Gasteiger partial charge in [-0.2, -0.15) is 0 Å². The zero-order valence-corrected chi connectivity index (χ0v) is 7.10. The molecule has 0 heterocycles. The van der Waals surface area contributed by atoms with Gasteiger partial charge in [-0.05, 0) is 24.6 Å². The van der Waals surface area contributed by atoms with Crippen LogP contribution in [0.2, 0.25) is 0 Å². The summed E-state index contributed by atoms with van der Waals surface area (Å²) in [6.07, 6.45) is 0.973. The smallest absolute Gasteiger partial charge is 0.128 e. The molecule has 0 saturated carbocycles. The van der Waals surface area contributed by atoms with E-state index in [1.807, 2.05) is 13.0 Å². The summed E-state index contributed by atoms with van der Waals surface area (Å²) in [7, 11) is 0. The Hall–Kier alpha value is -0.890. The Morgan fingerprint density at radius 1 is 1.58 bits per heavy atom. The van der Waals surface area contributed by atoms with Gasteiger partial charge in [0, 0.05) is 11.6 Å². The summed E-state index contributed by atoms with van der Waals surface area (Å²) in [5.74, 6) is -0.0651. The number of halogens is 1. The molecule has 1 aromatic carbocycles. The van der Waals surface area contributed by atoms with Crippen molar-refractivity contribution in [2.24, 2.45) is 0 Å². The first-order chi connectivity index (χ1) is 5.83. The number of benzene rings is 1. The minimum atomic E-state index is -0.0651. The van der Waals surface area contributed by atoms with Crippen LogP contribution in [0.4, 0.5) is 4.39 Å². The Bertz CT molecular complexity index is 282. The maximum atomic E-state index is 13.2. The van der Waals surface area contributed by atoms with Crippen LogP contribution in [0.15, 0.2) is 18.2 Å². The van der Waals surface area contributed by atoms with Crippen molar-refractivity contribution in [3.8, 4) is 0 Å². The third-order valence-corrected chi connectivity index (χ3v) is 2.37. The first-order valence-corrected chi connectivity index (χ1v) is 4.33. The largest absolute Gasteiger partial charge is 0.310 e. The van der Waals surface area contributed by atoms with E-state index in [2.05, 4.69) is 5.32 Å². The average molecular weight is 165 g/mol. The van der Waals surface area contributed by atoms with Gasteiger partial charge in [-0.3, -0.25) is 0 Å². The average Bonchev–Trinajstić information content (AvgIpc) is 2.00. The second-order valence-electron chi connectivity index (χ2n) is 3.13. The van der Waals surface area contributed by atoms with E-state index in [0.717, 1.165) is 24.1 Å². The normalized spacial score (nSPS) is 20.0. The van der Waals surface area contributed by atoms with Crippen LogP contribution in [0, 0.1) is 5.82 Å². The summed E-state index contributed by atoms with van der Waals surface area (Å²) in [4.78, 5) is 0. The quantitative estimate of drug-likeness (QED) is 0.707. The minimum absolute atomic E-state index is 0.0651. The predicted octanol–water partition coefficient (Wildman–Crippen LogP) is 2.03. The van der Waals surface area contributed by atoms with E-state index < -0.39 is 0 Å². The number of likely N-dealkylation sites (N-methyl/N-ethyl adjacent to an activating group) is 1. The lowest BCUT2D eigenvalue weighted by atomic mass is 9.83. The lowest BCUT2D eigenvalue weighted by Crippen LogP contribution is -2.32. The minimum Gasteiger partial charge on any atom is -0.310 e. The van der Waals surface area contributed by atoms with Crippen molar-refractivity contribution in [1.29, 1.82) is 0 Å². The molecule has 0 aliphatic heterocycles. The summed E-state index contributed by atoms with van der Waals surface area (Å²) in [6.45, 7) is 2.94. The number of hydrogen-bond acceptors (Lipinski definition) is 1. The lowest BCUT2D eigenvalue weighted by molar-refractivity contribution is 0.459. The topological polar surface area (TPSA) is 12.0 Å². The third kappa shape index (κ3) is 1.03. The van der Waals surface area contributed by atoms with E-state index in [1.54, 1.807) is 6.07 Å². The fourth-order valence-electron chi connectivity index (χ4n) is 1.76. The second-order valence-corrected chi connectivity index (χ2v) is 3.13. The molecule has 0 spiro atoms. The van der Waals surface area contributed by atoms with E-state index in [-0.39, 0.29) is 11.9 Å². The number of nitrogens with one attached hydrogen (secondary N) is 1. The van der Waals surface area contributed by atoms with Gasteiger partial charge in [-0.15, -0.1) is 0 Å². The van der Waals surface area contributed by atoms with Crippen molar-refractivity contribution in [2.45, 2.75) is 19.4 Å². The Morgan fingerprint density at radius 2 is 2.42 bits per heavy atom. The van der Waals surface area contributed by atoms with E-state index in [1.165, 1.54) is 6.07 Å². The molecule has 1 N–H and O–H groups in total. The molecule has 0 aromatic heterocycles. The van der Waals surface area contributed by atoms with Crippen LogP contribution < -0.4 is 5.32 Å². The molecule has 0 fully saturated rings. The molecule has 0 bridgehead atoms. The first kappa shape index (κ1) is 7.74. The van der Waals surface area contributed by atoms with Gasteiger partial charge >= 0.3 is 0 Å². The van der Waals surface area contributed by atoms with Crippen LogP contribution in [-0.4, -0.2) is 6.54 Å². The van der Waals surface area contributed by atoms with Crippen molar-refractivity contribution in [2.75, 3.05) is 6.54 Å². The summed E-state index contributed by atoms with van der Waals surface area (Å²) in [5.41, 5.74) is 2.03. The van der Waals surface area contributed by atoms with Gasteiger partial charge in [0.25, 0.3) is 0 Å². The monoisotopic (exact) mass is 165 g/mol. The van der Waals surface area contributed by atoms with Gasteiger partial charge in [0.2, 0.25) is 0 Å². The predicted molar refractivity (Wildman–Crippen MR) is 46.5 cm³/mol. The maximum Gasteiger partial charge on any atom is 0.128 e. The van der Waals surface area contributed by atoms with Gasteiger partial charge in [0.15, 0.2) is 0 Å². The van der Waals surface area contributed by atoms with E-state index in [9.17, 15) is 4.39 Å². The fourth-order valence-corrected chi connectivity index (χ4v) is 1.76. The van der Waals surface area contributed by atoms with Crippen molar-refractivity contribution in [1.82, 2.24) is 5.32 Å². The van der Waals surface area contributed by atoms with Gasteiger partial charge in [0.1, 0.15) is 5.82 Å². The third-order valence-electron chi connectivity index (χ3n) is 2.37. The van der Waals surface area contributed by atoms with Crippen LogP contribution >= 0.6 is 0 Å². The van der Waals surface area contributed by atoms with Crippen LogP contribution in [-0.2, 0) is 6.42 Å². The van der Waals surface area contributed by atoms with Gasteiger partial charge in [-0.1, -0.05) is 19.1 Å². The highest BCUT2D eigenvalue weighted by molar-refractivity contribution is 5.40. The SMILES string of the molecule is CCNC1Cc2cccc(F)c21. The molecule has 2 rings (SSSR count). The molecule has 1 nitrogen and oxygen atoms in total. The van der Waals surface area contributed by atoms with Crippen LogP contribution in [0.1, 0.15) is 24.1 Å². The molecule has 1 aliphatic rings. The highest BCUT2D eigenvalue weighted by Crippen LogP contribution is 2.34. The molecule has 64 valence electrons. The Kier molecular flexibility index (Phi) is 1.85. The Balaban J connectivity index is 2.27. The molecular formula is C10H12FN. The molecule has 0 radical (unpaired) electrons. The van der Waals surface area contributed by atoms with Crippen molar-refractivity contribution in [3.63, 3.8) is 0 Å². The van der Waals surface area contributed by atoms with E-state index in [4.69, 9.17) is 0 Å². The fraction of sp³-hybridized carbons (Fsp3) is 0.400. The Morgan fingerprint density at radius 3 is 3.08 bits per heavy atom. The van der Waals surface area contributed by atoms with Crippen molar-refractivity contribution in [3.05, 3.63) is 35.1 Å². The van der Waals surface area contributed by atoms with Crippen LogP contribution in [0.25, 0.3) is 0 Å². The highest BCUT2D eigenvalue weighted by Gasteiger charge is 2.27. The zero-order valence-electron chi connectivity index (χ0n) is 7.10.